The van der Waals surface area contributed by atoms with Crippen molar-refractivity contribution in [2.24, 2.45) is 0 Å². The summed E-state index contributed by atoms with van der Waals surface area (Å²) in [5.74, 6) is -1.12. The highest BCUT2D eigenvalue weighted by Gasteiger charge is 2.29. The Morgan fingerprint density at radius 3 is 2.26 bits per heavy atom. The maximum Gasteiger partial charge on any atom is 0.258 e. The number of benzene rings is 2. The average molecular weight is 542 g/mol. The normalized spacial score (nSPS) is 12.7. The van der Waals surface area contributed by atoms with Gasteiger partial charge < -0.3 is 9.64 Å². The van der Waals surface area contributed by atoms with Gasteiger partial charge in [-0.2, -0.15) is 0 Å². The van der Waals surface area contributed by atoms with Gasteiger partial charge in [-0.25, -0.2) is 22.5 Å². The Hall–Kier alpha value is -3.47. The molecule has 38 heavy (non-hydrogen) atoms. The number of nitrogens with one attached hydrogen (secondary N) is 1. The summed E-state index contributed by atoms with van der Waals surface area (Å²) in [6, 6.07) is 16.5. The SMILES string of the molecule is COCC(C)(C)NS(=O)(=O)c1ccc(CC(=O)[C@H](Cc2ccccc2)N(C)C(=O)c2ccc(F)cc2)cn1. The van der Waals surface area contributed by atoms with Gasteiger partial charge in [-0.3, -0.25) is 9.59 Å². The molecule has 10 heteroatoms. The molecule has 1 aromatic heterocycles. The standard InChI is InChI=1S/C28H32FN3O5S/c1-28(2,19-37-4)31-38(35,36)26-15-10-21(18-30-26)17-25(33)24(16-20-8-6-5-7-9-20)32(3)27(34)22-11-13-23(29)14-12-22/h5-15,18,24,31H,16-17,19H2,1-4H3/t24-/m0/s1. The van der Waals surface area contributed by atoms with E-state index < -0.39 is 33.3 Å². The van der Waals surface area contributed by atoms with Crippen LogP contribution in [0.4, 0.5) is 4.39 Å². The van der Waals surface area contributed by atoms with Crippen molar-refractivity contribution in [3.8, 4) is 0 Å². The Bertz CT molecular complexity index is 1350. The predicted octanol–water partition coefficient (Wildman–Crippen LogP) is 3.42. The molecule has 0 spiro atoms. The quantitative estimate of drug-likeness (QED) is 0.377. The minimum Gasteiger partial charge on any atom is -0.383 e. The fourth-order valence-corrected chi connectivity index (χ4v) is 5.37. The van der Waals surface area contributed by atoms with E-state index in [1.165, 1.54) is 54.6 Å². The van der Waals surface area contributed by atoms with E-state index in [1.807, 2.05) is 30.3 Å². The molecule has 0 aliphatic rings. The van der Waals surface area contributed by atoms with Gasteiger partial charge in [0.05, 0.1) is 18.2 Å². The molecule has 0 bridgehead atoms. The van der Waals surface area contributed by atoms with Gasteiger partial charge in [-0.15, -0.1) is 0 Å². The van der Waals surface area contributed by atoms with Gasteiger partial charge in [0.1, 0.15) is 5.82 Å². The molecule has 1 N–H and O–H groups in total. The van der Waals surface area contributed by atoms with E-state index in [0.717, 1.165) is 5.56 Å². The van der Waals surface area contributed by atoms with E-state index in [4.69, 9.17) is 4.74 Å². The summed E-state index contributed by atoms with van der Waals surface area (Å²) in [6.45, 7) is 3.56. The minimum absolute atomic E-state index is 0.0610. The molecule has 0 radical (unpaired) electrons. The Morgan fingerprint density at radius 2 is 1.68 bits per heavy atom. The van der Waals surface area contributed by atoms with Crippen LogP contribution in [0.25, 0.3) is 0 Å². The van der Waals surface area contributed by atoms with Gasteiger partial charge in [0.2, 0.25) is 0 Å². The summed E-state index contributed by atoms with van der Waals surface area (Å²) in [7, 11) is -0.884. The van der Waals surface area contributed by atoms with Crippen LogP contribution in [-0.2, 0) is 32.4 Å². The molecule has 0 saturated heterocycles. The van der Waals surface area contributed by atoms with Crippen molar-refractivity contribution in [3.63, 3.8) is 0 Å². The number of rotatable bonds is 12. The van der Waals surface area contributed by atoms with E-state index in [9.17, 15) is 22.4 Å². The number of ether oxygens (including phenoxy) is 1. The third-order valence-electron chi connectivity index (χ3n) is 5.89. The van der Waals surface area contributed by atoms with Crippen LogP contribution in [0.3, 0.4) is 0 Å². The second kappa shape index (κ2) is 12.4. The highest BCUT2D eigenvalue weighted by Crippen LogP contribution is 2.17. The number of carbonyl (C=O) groups is 2. The highest BCUT2D eigenvalue weighted by atomic mass is 32.2. The summed E-state index contributed by atoms with van der Waals surface area (Å²) in [5, 5.41) is -0.178. The maximum atomic E-state index is 13.5. The number of nitrogens with zero attached hydrogens (tertiary/aromatic N) is 2. The number of hydrogen-bond donors (Lipinski definition) is 1. The monoisotopic (exact) mass is 541 g/mol. The fourth-order valence-electron chi connectivity index (χ4n) is 4.04. The van der Waals surface area contributed by atoms with Crippen molar-refractivity contribution < 1.29 is 27.1 Å². The molecular formula is C28H32FN3O5S. The van der Waals surface area contributed by atoms with E-state index in [1.54, 1.807) is 20.9 Å². The number of pyridine rings is 1. The number of hydrogen-bond acceptors (Lipinski definition) is 6. The van der Waals surface area contributed by atoms with Crippen molar-refractivity contribution in [2.45, 2.75) is 43.3 Å². The van der Waals surface area contributed by atoms with Crippen molar-refractivity contribution in [1.29, 1.82) is 0 Å². The van der Waals surface area contributed by atoms with Crippen LogP contribution in [0.1, 0.15) is 35.3 Å². The van der Waals surface area contributed by atoms with Crippen molar-refractivity contribution in [2.75, 3.05) is 20.8 Å². The first-order chi connectivity index (χ1) is 17.9. The Morgan fingerprint density at radius 1 is 1.03 bits per heavy atom. The lowest BCUT2D eigenvalue weighted by molar-refractivity contribution is -0.122. The smallest absolute Gasteiger partial charge is 0.258 e. The molecule has 1 atom stereocenters. The third-order valence-corrected chi connectivity index (χ3v) is 7.50. The number of likely N-dealkylation sites (N-methyl/N-ethyl adjacent to an activating group) is 1. The first-order valence-electron chi connectivity index (χ1n) is 12.0. The zero-order valence-corrected chi connectivity index (χ0v) is 22.7. The lowest BCUT2D eigenvalue weighted by atomic mass is 9.96. The second-order valence-electron chi connectivity index (χ2n) is 9.70. The Balaban J connectivity index is 1.80. The molecule has 0 fully saturated rings. The number of sulfonamides is 1. The lowest BCUT2D eigenvalue weighted by Crippen LogP contribution is -2.46. The number of ketones is 1. The molecule has 0 saturated carbocycles. The third kappa shape index (κ3) is 7.77. The zero-order valence-electron chi connectivity index (χ0n) is 21.8. The first-order valence-corrected chi connectivity index (χ1v) is 13.5. The maximum absolute atomic E-state index is 13.5. The minimum atomic E-state index is -3.91. The van der Waals surface area contributed by atoms with Crippen LogP contribution in [0, 0.1) is 5.82 Å². The van der Waals surface area contributed by atoms with Crippen molar-refractivity contribution in [1.82, 2.24) is 14.6 Å². The molecule has 0 unspecified atom stereocenters. The number of halogens is 1. The van der Waals surface area contributed by atoms with Crippen LogP contribution in [0.15, 0.2) is 78.0 Å². The van der Waals surface area contributed by atoms with Gasteiger partial charge in [-0.1, -0.05) is 36.4 Å². The van der Waals surface area contributed by atoms with Crippen LogP contribution >= 0.6 is 0 Å². The summed E-state index contributed by atoms with van der Waals surface area (Å²) >= 11 is 0. The Kier molecular flexibility index (Phi) is 9.48. The van der Waals surface area contributed by atoms with E-state index in [0.29, 0.717) is 5.56 Å². The molecule has 1 heterocycles. The van der Waals surface area contributed by atoms with E-state index >= 15 is 0 Å². The fraction of sp³-hybridized carbons (Fsp3) is 0.321. The molecule has 3 rings (SSSR count). The Labute approximate surface area is 222 Å². The number of aromatic nitrogens is 1. The van der Waals surface area contributed by atoms with Crippen LogP contribution in [0.5, 0.6) is 0 Å². The van der Waals surface area contributed by atoms with Gasteiger partial charge in [0.15, 0.2) is 10.8 Å². The summed E-state index contributed by atoms with van der Waals surface area (Å²) in [4.78, 5) is 32.0. The van der Waals surface area contributed by atoms with E-state index in [-0.39, 0.29) is 35.8 Å². The molecule has 0 aliphatic carbocycles. The number of Topliss-reactive ketones (excluding diaryl/α,β-unsaturated/α-hetero) is 1. The molecule has 0 aliphatic heterocycles. The number of amides is 1. The molecule has 1 amide bonds. The highest BCUT2D eigenvalue weighted by molar-refractivity contribution is 7.89. The molecule has 2 aromatic carbocycles. The largest absolute Gasteiger partial charge is 0.383 e. The van der Waals surface area contributed by atoms with Gasteiger partial charge in [0, 0.05) is 32.3 Å². The predicted molar refractivity (Wildman–Crippen MR) is 142 cm³/mol. The van der Waals surface area contributed by atoms with Gasteiger partial charge in [0.25, 0.3) is 15.9 Å². The van der Waals surface area contributed by atoms with Crippen molar-refractivity contribution >= 4 is 21.7 Å². The van der Waals surface area contributed by atoms with E-state index in [2.05, 4.69) is 9.71 Å². The molecule has 202 valence electrons. The lowest BCUT2D eigenvalue weighted by Gasteiger charge is -2.28. The van der Waals surface area contributed by atoms with Crippen LogP contribution in [0.2, 0.25) is 0 Å². The van der Waals surface area contributed by atoms with Crippen LogP contribution < -0.4 is 4.72 Å². The number of carbonyl (C=O) groups excluding carboxylic acids is 2. The zero-order chi connectivity index (χ0) is 27.9. The summed E-state index contributed by atoms with van der Waals surface area (Å²) in [6.07, 6.45) is 1.56. The first kappa shape index (κ1) is 29.1. The number of methoxy groups -OCH3 is 1. The van der Waals surface area contributed by atoms with Gasteiger partial charge >= 0.3 is 0 Å². The summed E-state index contributed by atoms with van der Waals surface area (Å²) < 4.78 is 46.4. The van der Waals surface area contributed by atoms with Crippen LogP contribution in [-0.4, -0.2) is 62.3 Å². The van der Waals surface area contributed by atoms with Gasteiger partial charge in [-0.05, 0) is 61.7 Å². The topological polar surface area (TPSA) is 106 Å². The molecule has 8 nitrogen and oxygen atoms in total. The molecular weight excluding hydrogens is 509 g/mol. The average Bonchev–Trinajstić information content (AvgIpc) is 2.87. The molecule has 3 aromatic rings. The second-order valence-corrected chi connectivity index (χ2v) is 11.3. The van der Waals surface area contributed by atoms with Crippen molar-refractivity contribution in [3.05, 3.63) is 95.4 Å². The summed E-state index contributed by atoms with van der Waals surface area (Å²) in [5.41, 5.74) is 0.801.